The fraction of sp³-hybridized carbons (Fsp3) is 0.389. The van der Waals surface area contributed by atoms with E-state index in [2.05, 4.69) is 0 Å². The van der Waals surface area contributed by atoms with Gasteiger partial charge >= 0.3 is 0 Å². The van der Waals surface area contributed by atoms with Gasteiger partial charge in [0.25, 0.3) is 5.91 Å². The third-order valence-corrected chi connectivity index (χ3v) is 5.35. The van der Waals surface area contributed by atoms with Gasteiger partial charge in [0.2, 0.25) is 0 Å². The van der Waals surface area contributed by atoms with Crippen LogP contribution < -0.4 is 9.84 Å². The molecule has 0 N–H and O–H groups in total. The summed E-state index contributed by atoms with van der Waals surface area (Å²) in [7, 11) is 0. The van der Waals surface area contributed by atoms with E-state index in [-0.39, 0.29) is 10.2 Å². The number of carboxylic acid groups (broad SMARTS) is 1. The molecule has 0 aliphatic carbocycles. The van der Waals surface area contributed by atoms with E-state index in [9.17, 15) is 14.7 Å². The Morgan fingerprint density at radius 2 is 2.00 bits per heavy atom. The molecule has 1 aromatic carbocycles. The first-order valence-corrected chi connectivity index (χ1v) is 9.32. The van der Waals surface area contributed by atoms with Crippen LogP contribution in [0.1, 0.15) is 32.8 Å². The molecule has 2 atom stereocenters. The van der Waals surface area contributed by atoms with E-state index >= 15 is 0 Å². The van der Waals surface area contributed by atoms with Gasteiger partial charge < -0.3 is 14.6 Å². The molecule has 1 amide bonds. The quantitative estimate of drug-likeness (QED) is 0.536. The number of aliphatic carboxylic acids is 1. The Balaban J connectivity index is 2.26. The van der Waals surface area contributed by atoms with Crippen LogP contribution >= 0.6 is 24.0 Å². The van der Waals surface area contributed by atoms with Crippen molar-refractivity contribution in [1.82, 2.24) is 4.90 Å². The first-order valence-electron chi connectivity index (χ1n) is 8.09. The molecule has 1 saturated heterocycles. The lowest BCUT2D eigenvalue weighted by atomic mass is 9.98. The Hall–Kier alpha value is -1.86. The van der Waals surface area contributed by atoms with Crippen molar-refractivity contribution in [2.45, 2.75) is 33.2 Å². The molecular weight excluding hydrogens is 358 g/mol. The number of carboxylic acids is 1. The number of hydrogen-bond acceptors (Lipinski definition) is 6. The summed E-state index contributed by atoms with van der Waals surface area (Å²) in [6.45, 7) is 6.13. The molecule has 7 heteroatoms. The van der Waals surface area contributed by atoms with Crippen molar-refractivity contribution in [2.24, 2.45) is 5.92 Å². The van der Waals surface area contributed by atoms with Crippen LogP contribution in [0.4, 0.5) is 0 Å². The highest BCUT2D eigenvalue weighted by Crippen LogP contribution is 2.35. The van der Waals surface area contributed by atoms with Crippen molar-refractivity contribution >= 4 is 46.3 Å². The minimum Gasteiger partial charge on any atom is -0.548 e. The maximum atomic E-state index is 12.7. The number of carbonyl (C=O) groups excluding carboxylic acids is 2. The molecule has 1 fully saturated rings. The standard InChI is InChI=1S/C18H21NO4S2/c1-4-11(3)15(17(21)22)19-16(20)14(25-18(19)24)10-12-6-8-13(9-7-12)23-5-2/h6-11,15H,4-5H2,1-3H3,(H,21,22)/p-1/b14-10-/t11-,15+/m0/s1. The Bertz CT molecular complexity index is 700. The first kappa shape index (κ1) is 19.5. The average Bonchev–Trinajstić information content (AvgIpc) is 2.84. The number of benzene rings is 1. The monoisotopic (exact) mass is 378 g/mol. The zero-order valence-electron chi connectivity index (χ0n) is 14.4. The molecule has 1 aliphatic heterocycles. The van der Waals surface area contributed by atoms with Crippen LogP contribution in [0.2, 0.25) is 0 Å². The molecule has 1 heterocycles. The number of rotatable bonds is 7. The van der Waals surface area contributed by atoms with Gasteiger partial charge in [0, 0.05) is 0 Å². The van der Waals surface area contributed by atoms with E-state index < -0.39 is 17.9 Å². The predicted octanol–water partition coefficient (Wildman–Crippen LogP) is 2.45. The molecule has 0 aromatic heterocycles. The Labute approximate surface area is 157 Å². The van der Waals surface area contributed by atoms with Gasteiger partial charge in [-0.05, 0) is 36.6 Å². The molecule has 1 aliphatic rings. The van der Waals surface area contributed by atoms with E-state index in [1.807, 2.05) is 38.1 Å². The lowest BCUT2D eigenvalue weighted by Gasteiger charge is -2.32. The van der Waals surface area contributed by atoms with Crippen LogP contribution in [-0.4, -0.2) is 33.7 Å². The first-order chi connectivity index (χ1) is 11.9. The lowest BCUT2D eigenvalue weighted by molar-refractivity contribution is -0.311. The third-order valence-electron chi connectivity index (χ3n) is 4.02. The van der Waals surface area contributed by atoms with Crippen molar-refractivity contribution in [3.8, 4) is 5.75 Å². The summed E-state index contributed by atoms with van der Waals surface area (Å²) in [4.78, 5) is 25.8. The molecule has 0 spiro atoms. The molecular formula is C18H20NO4S2-. The van der Waals surface area contributed by atoms with Crippen molar-refractivity contribution in [2.75, 3.05) is 6.61 Å². The molecule has 0 saturated carbocycles. The highest BCUT2D eigenvalue weighted by atomic mass is 32.2. The van der Waals surface area contributed by atoms with Crippen molar-refractivity contribution in [3.05, 3.63) is 34.7 Å². The van der Waals surface area contributed by atoms with E-state index in [0.29, 0.717) is 17.9 Å². The summed E-state index contributed by atoms with van der Waals surface area (Å²) >= 11 is 6.36. The van der Waals surface area contributed by atoms with Crippen LogP contribution in [0.3, 0.4) is 0 Å². The number of amides is 1. The van der Waals surface area contributed by atoms with Crippen molar-refractivity contribution in [3.63, 3.8) is 0 Å². The number of thiocarbonyl (C=S) groups is 1. The molecule has 1 aromatic rings. The van der Waals surface area contributed by atoms with E-state index in [1.165, 1.54) is 4.90 Å². The second kappa shape index (κ2) is 8.49. The van der Waals surface area contributed by atoms with Crippen LogP contribution in [0.5, 0.6) is 5.75 Å². The number of nitrogens with zero attached hydrogens (tertiary/aromatic N) is 1. The van der Waals surface area contributed by atoms with E-state index in [0.717, 1.165) is 23.1 Å². The van der Waals surface area contributed by atoms with Gasteiger partial charge in [0.1, 0.15) is 10.1 Å². The highest BCUT2D eigenvalue weighted by molar-refractivity contribution is 8.26. The largest absolute Gasteiger partial charge is 0.548 e. The van der Waals surface area contributed by atoms with Crippen molar-refractivity contribution in [1.29, 1.82) is 0 Å². The van der Waals surface area contributed by atoms with Gasteiger partial charge in [-0.2, -0.15) is 0 Å². The molecule has 25 heavy (non-hydrogen) atoms. The fourth-order valence-corrected chi connectivity index (χ4v) is 3.84. The third kappa shape index (κ3) is 4.41. The number of carbonyl (C=O) groups is 2. The zero-order chi connectivity index (χ0) is 18.6. The number of thioether (sulfide) groups is 1. The Morgan fingerprint density at radius 1 is 1.36 bits per heavy atom. The molecule has 134 valence electrons. The fourth-order valence-electron chi connectivity index (χ4n) is 2.51. The molecule has 2 rings (SSSR count). The number of ether oxygens (including phenoxy) is 1. The van der Waals surface area contributed by atoms with Crippen LogP contribution in [0, 0.1) is 5.92 Å². The molecule has 0 bridgehead atoms. The van der Waals surface area contributed by atoms with Crippen LogP contribution in [0.25, 0.3) is 6.08 Å². The van der Waals surface area contributed by atoms with Gasteiger partial charge in [-0.25, -0.2) is 0 Å². The van der Waals surface area contributed by atoms with Crippen molar-refractivity contribution < 1.29 is 19.4 Å². The topological polar surface area (TPSA) is 69.7 Å². The smallest absolute Gasteiger partial charge is 0.266 e. The SMILES string of the molecule is CCOc1ccc(/C=C2\SC(=S)N([C@@H](C(=O)[O-])[C@@H](C)CC)C2=O)cc1. The zero-order valence-corrected chi connectivity index (χ0v) is 16.0. The van der Waals surface area contributed by atoms with Crippen LogP contribution in [-0.2, 0) is 9.59 Å². The van der Waals surface area contributed by atoms with Gasteiger partial charge in [-0.15, -0.1) is 0 Å². The van der Waals surface area contributed by atoms with Gasteiger partial charge in [0.15, 0.2) is 0 Å². The minimum absolute atomic E-state index is 0.247. The molecule has 5 nitrogen and oxygen atoms in total. The predicted molar refractivity (Wildman–Crippen MR) is 101 cm³/mol. The second-order valence-corrected chi connectivity index (χ2v) is 7.38. The van der Waals surface area contributed by atoms with E-state index in [4.69, 9.17) is 17.0 Å². The molecule has 0 radical (unpaired) electrons. The summed E-state index contributed by atoms with van der Waals surface area (Å²) in [6.07, 6.45) is 2.31. The summed E-state index contributed by atoms with van der Waals surface area (Å²) < 4.78 is 5.64. The minimum atomic E-state index is -1.28. The summed E-state index contributed by atoms with van der Waals surface area (Å²) in [5.74, 6) is -1.18. The summed E-state index contributed by atoms with van der Waals surface area (Å²) in [5.41, 5.74) is 0.817. The normalized spacial score (nSPS) is 18.5. The van der Waals surface area contributed by atoms with E-state index in [1.54, 1.807) is 13.0 Å². The summed E-state index contributed by atoms with van der Waals surface area (Å²) in [5, 5.41) is 11.5. The van der Waals surface area contributed by atoms with Gasteiger partial charge in [0.05, 0.1) is 23.5 Å². The Kier molecular flexibility index (Phi) is 6.61. The maximum Gasteiger partial charge on any atom is 0.266 e. The van der Waals surface area contributed by atoms with Gasteiger partial charge in [-0.1, -0.05) is 56.4 Å². The van der Waals surface area contributed by atoms with Crippen LogP contribution in [0.15, 0.2) is 29.2 Å². The van der Waals surface area contributed by atoms with Gasteiger partial charge in [-0.3, -0.25) is 9.69 Å². The molecule has 0 unspecified atom stereocenters. The lowest BCUT2D eigenvalue weighted by Crippen LogP contribution is -2.53. The maximum absolute atomic E-state index is 12.7. The Morgan fingerprint density at radius 3 is 2.52 bits per heavy atom. The number of hydrogen-bond donors (Lipinski definition) is 0. The summed E-state index contributed by atoms with van der Waals surface area (Å²) in [6, 6.07) is 6.26. The highest BCUT2D eigenvalue weighted by Gasteiger charge is 2.39. The average molecular weight is 378 g/mol. The second-order valence-electron chi connectivity index (χ2n) is 5.70.